The first kappa shape index (κ1) is 18.3. The fourth-order valence-electron chi connectivity index (χ4n) is 3.26. The molecule has 6 nitrogen and oxygen atoms in total. The molecule has 0 bridgehead atoms. The van der Waals surface area contributed by atoms with E-state index >= 15 is 0 Å². The van der Waals surface area contributed by atoms with Crippen molar-refractivity contribution in [3.05, 3.63) is 70.8 Å². The number of hydrogen-bond donors (Lipinski definition) is 1. The van der Waals surface area contributed by atoms with Crippen LogP contribution in [0.3, 0.4) is 0 Å². The second kappa shape index (κ2) is 7.50. The highest BCUT2D eigenvalue weighted by Gasteiger charge is 2.26. The summed E-state index contributed by atoms with van der Waals surface area (Å²) in [7, 11) is 0. The van der Waals surface area contributed by atoms with Gasteiger partial charge in [-0.15, -0.1) is 0 Å². The molecule has 0 aliphatic heterocycles. The van der Waals surface area contributed by atoms with E-state index in [0.717, 1.165) is 17.1 Å². The summed E-state index contributed by atoms with van der Waals surface area (Å²) in [6, 6.07) is 6.04. The molecule has 0 unspecified atom stereocenters. The topological polar surface area (TPSA) is 72.7 Å². The van der Waals surface area contributed by atoms with Gasteiger partial charge in [-0.2, -0.15) is 5.10 Å². The molecule has 28 heavy (non-hydrogen) atoms. The molecule has 1 aliphatic rings. The first-order valence-electron chi connectivity index (χ1n) is 9.44. The van der Waals surface area contributed by atoms with Crippen LogP contribution in [0.1, 0.15) is 51.9 Å². The highest BCUT2D eigenvalue weighted by Crippen LogP contribution is 2.37. The average molecular weight is 379 g/mol. The number of hydrogen-bond acceptors (Lipinski definition) is 4. The second-order valence-electron chi connectivity index (χ2n) is 7.16. The molecule has 4 rings (SSSR count). The van der Waals surface area contributed by atoms with Gasteiger partial charge in [0.15, 0.2) is 0 Å². The van der Waals surface area contributed by atoms with Crippen LogP contribution in [0.15, 0.2) is 36.7 Å². The molecule has 144 valence electrons. The third-order valence-corrected chi connectivity index (χ3v) is 4.96. The number of nitrogens with one attached hydrogen (secondary N) is 1. The number of aryl methyl sites for hydroxylation is 1. The summed E-state index contributed by atoms with van der Waals surface area (Å²) in [5.74, 6) is 0.987. The number of rotatable bonds is 6. The van der Waals surface area contributed by atoms with Crippen LogP contribution in [-0.2, 0) is 6.42 Å². The van der Waals surface area contributed by atoms with Gasteiger partial charge in [-0.25, -0.2) is 19.0 Å². The number of nitrogens with zero attached hydrogens (tertiary/aromatic N) is 4. The van der Waals surface area contributed by atoms with Crippen molar-refractivity contribution >= 4 is 5.91 Å². The minimum Gasteiger partial charge on any atom is -0.352 e. The third kappa shape index (κ3) is 3.78. The van der Waals surface area contributed by atoms with Crippen molar-refractivity contribution in [1.82, 2.24) is 25.1 Å². The highest BCUT2D eigenvalue weighted by atomic mass is 19.1. The van der Waals surface area contributed by atoms with Gasteiger partial charge in [-0.1, -0.05) is 0 Å². The minimum absolute atomic E-state index is 0.168. The van der Waals surface area contributed by atoms with Crippen molar-refractivity contribution in [2.24, 2.45) is 0 Å². The summed E-state index contributed by atoms with van der Waals surface area (Å²) in [5.41, 5.74) is 3.62. The van der Waals surface area contributed by atoms with Crippen LogP contribution in [0, 0.1) is 19.7 Å². The molecule has 1 aliphatic carbocycles. The summed E-state index contributed by atoms with van der Waals surface area (Å²) in [6.45, 7) is 4.13. The van der Waals surface area contributed by atoms with Gasteiger partial charge in [0.2, 0.25) is 0 Å². The van der Waals surface area contributed by atoms with Gasteiger partial charge in [0, 0.05) is 24.9 Å². The molecule has 1 saturated carbocycles. The minimum atomic E-state index is -0.308. The lowest BCUT2D eigenvalue weighted by Crippen LogP contribution is -2.26. The molecule has 7 heteroatoms. The third-order valence-electron chi connectivity index (χ3n) is 4.96. The molecule has 0 atom stereocenters. The molecule has 1 N–H and O–H groups in total. The van der Waals surface area contributed by atoms with E-state index in [1.165, 1.54) is 25.0 Å². The van der Waals surface area contributed by atoms with E-state index in [9.17, 15) is 9.18 Å². The maximum atomic E-state index is 13.2. The fraction of sp³-hybridized carbons (Fsp3) is 0.333. The molecule has 1 amide bonds. The van der Waals surface area contributed by atoms with Crippen molar-refractivity contribution < 1.29 is 9.18 Å². The Labute approximate surface area is 162 Å². The quantitative estimate of drug-likeness (QED) is 0.713. The van der Waals surface area contributed by atoms with Gasteiger partial charge in [0.25, 0.3) is 5.91 Å². The van der Waals surface area contributed by atoms with Crippen molar-refractivity contribution in [3.63, 3.8) is 0 Å². The Bertz CT molecular complexity index is 991. The molecule has 2 aromatic heterocycles. The van der Waals surface area contributed by atoms with Gasteiger partial charge in [-0.3, -0.25) is 4.79 Å². The smallest absolute Gasteiger partial charge is 0.255 e. The van der Waals surface area contributed by atoms with Gasteiger partial charge >= 0.3 is 0 Å². The highest BCUT2D eigenvalue weighted by molar-refractivity contribution is 5.96. The number of benzene rings is 1. The summed E-state index contributed by atoms with van der Waals surface area (Å²) < 4.78 is 14.8. The van der Waals surface area contributed by atoms with Crippen LogP contribution in [-0.4, -0.2) is 32.2 Å². The van der Waals surface area contributed by atoms with Crippen molar-refractivity contribution in [2.75, 3.05) is 6.54 Å². The van der Waals surface area contributed by atoms with Gasteiger partial charge in [0.05, 0.1) is 22.6 Å². The van der Waals surface area contributed by atoms with Crippen molar-refractivity contribution in [3.8, 4) is 5.69 Å². The second-order valence-corrected chi connectivity index (χ2v) is 7.16. The molecular formula is C21H22FN5O. The zero-order valence-corrected chi connectivity index (χ0v) is 15.9. The van der Waals surface area contributed by atoms with E-state index in [1.54, 1.807) is 23.7 Å². The zero-order valence-electron chi connectivity index (χ0n) is 15.9. The first-order chi connectivity index (χ1) is 13.5. The Morgan fingerprint density at radius 1 is 1.18 bits per heavy atom. The van der Waals surface area contributed by atoms with Gasteiger partial charge in [0.1, 0.15) is 11.6 Å². The van der Waals surface area contributed by atoms with Gasteiger partial charge < -0.3 is 5.32 Å². The van der Waals surface area contributed by atoms with E-state index < -0.39 is 0 Å². The van der Waals surface area contributed by atoms with E-state index in [-0.39, 0.29) is 11.7 Å². The molecular weight excluding hydrogens is 357 g/mol. The van der Waals surface area contributed by atoms with Crippen LogP contribution in [0.5, 0.6) is 0 Å². The number of carbonyl (C=O) groups is 1. The van der Waals surface area contributed by atoms with E-state index in [1.807, 2.05) is 19.3 Å². The fourth-order valence-corrected chi connectivity index (χ4v) is 3.26. The Balaban J connectivity index is 1.41. The summed E-state index contributed by atoms with van der Waals surface area (Å²) in [6.07, 6.45) is 6.71. The molecule has 0 radical (unpaired) electrons. The summed E-state index contributed by atoms with van der Waals surface area (Å²) in [4.78, 5) is 21.5. The molecule has 1 aromatic carbocycles. The van der Waals surface area contributed by atoms with Crippen LogP contribution in [0.4, 0.5) is 4.39 Å². The number of carbonyl (C=O) groups excluding carboxylic acids is 1. The van der Waals surface area contributed by atoms with Crippen molar-refractivity contribution in [1.29, 1.82) is 0 Å². The first-order valence-corrected chi connectivity index (χ1v) is 9.44. The Morgan fingerprint density at radius 3 is 2.50 bits per heavy atom. The summed E-state index contributed by atoms with van der Waals surface area (Å²) >= 11 is 0. The number of aromatic nitrogens is 4. The lowest BCUT2D eigenvalue weighted by atomic mass is 10.1. The largest absolute Gasteiger partial charge is 0.352 e. The van der Waals surface area contributed by atoms with Gasteiger partial charge in [-0.05, 0) is 62.9 Å². The zero-order chi connectivity index (χ0) is 19.7. The average Bonchev–Trinajstić information content (AvgIpc) is 3.48. The standard InChI is InChI=1S/C21H22FN5O/c1-13-19(14(2)27(26-13)18-7-5-17(22)6-8-18)21(28)23-10-9-15-11-24-20(25-12-15)16-3-4-16/h5-8,11-12,16H,3-4,9-10H2,1-2H3,(H,23,28). The van der Waals surface area contributed by atoms with Crippen LogP contribution in [0.2, 0.25) is 0 Å². The molecule has 1 fully saturated rings. The summed E-state index contributed by atoms with van der Waals surface area (Å²) in [5, 5.41) is 7.39. The monoisotopic (exact) mass is 379 g/mol. The lowest BCUT2D eigenvalue weighted by Gasteiger charge is -2.07. The maximum Gasteiger partial charge on any atom is 0.255 e. The normalized spacial score (nSPS) is 13.5. The van der Waals surface area contributed by atoms with E-state index in [0.29, 0.717) is 35.8 Å². The number of amides is 1. The molecule has 0 saturated heterocycles. The van der Waals surface area contributed by atoms with Crippen LogP contribution in [0.25, 0.3) is 5.69 Å². The molecule has 0 spiro atoms. The van der Waals surface area contributed by atoms with E-state index in [4.69, 9.17) is 0 Å². The Morgan fingerprint density at radius 2 is 1.86 bits per heavy atom. The predicted molar refractivity (Wildman–Crippen MR) is 103 cm³/mol. The molecule has 3 aromatic rings. The number of halogens is 1. The van der Waals surface area contributed by atoms with E-state index in [2.05, 4.69) is 20.4 Å². The maximum absolute atomic E-state index is 13.2. The van der Waals surface area contributed by atoms with Crippen LogP contribution >= 0.6 is 0 Å². The SMILES string of the molecule is Cc1nn(-c2ccc(F)cc2)c(C)c1C(=O)NCCc1cnc(C2CC2)nc1. The predicted octanol–water partition coefficient (Wildman–Crippen LogP) is 3.27. The molecule has 2 heterocycles. The Hall–Kier alpha value is -3.09. The lowest BCUT2D eigenvalue weighted by molar-refractivity contribution is 0.0953. The Kier molecular flexibility index (Phi) is 4.90. The van der Waals surface area contributed by atoms with Crippen LogP contribution < -0.4 is 5.32 Å². The van der Waals surface area contributed by atoms with Crippen molar-refractivity contribution in [2.45, 2.75) is 39.0 Å².